The molecule has 0 aromatic heterocycles. The summed E-state index contributed by atoms with van der Waals surface area (Å²) in [6.45, 7) is 0.283. The van der Waals surface area contributed by atoms with Crippen molar-refractivity contribution in [3.8, 4) is 0 Å². The van der Waals surface area contributed by atoms with Crippen molar-refractivity contribution in [2.75, 3.05) is 6.54 Å². The van der Waals surface area contributed by atoms with Crippen molar-refractivity contribution in [1.29, 1.82) is 0 Å². The van der Waals surface area contributed by atoms with Crippen LogP contribution in [0.25, 0.3) is 0 Å². The molecule has 0 atom stereocenters. The Hall–Kier alpha value is -1.80. The minimum atomic E-state index is -0.301. The number of aliphatic imine (C=N–C) groups is 2. The smallest absolute Gasteiger partial charge is 0.138 e. The van der Waals surface area contributed by atoms with Gasteiger partial charge in [0.15, 0.2) is 0 Å². The fraction of sp³-hybridized carbons (Fsp3) is 0.0667. The molecule has 6 heteroatoms. The molecule has 2 aromatic carbocycles. The molecular formula is C15H12FIN4. The number of nitrogens with one attached hydrogen (secondary N) is 1. The Morgan fingerprint density at radius 2 is 1.95 bits per heavy atom. The molecule has 3 N–H and O–H groups in total. The maximum atomic E-state index is 14.1. The number of hydrogen-bond acceptors (Lipinski definition) is 4. The summed E-state index contributed by atoms with van der Waals surface area (Å²) >= 11 is 2.21. The second kappa shape index (κ2) is 5.90. The van der Waals surface area contributed by atoms with E-state index in [-0.39, 0.29) is 12.4 Å². The quantitative estimate of drug-likeness (QED) is 0.444. The zero-order valence-corrected chi connectivity index (χ0v) is 13.1. The number of halogens is 2. The minimum absolute atomic E-state index is 0.283. The van der Waals surface area contributed by atoms with Crippen LogP contribution in [0.4, 0.5) is 10.1 Å². The summed E-state index contributed by atoms with van der Waals surface area (Å²) in [6.07, 6.45) is 0. The molecule has 0 amide bonds. The molecule has 0 fully saturated rings. The number of rotatable bonds is 1. The van der Waals surface area contributed by atoms with E-state index < -0.39 is 0 Å². The summed E-state index contributed by atoms with van der Waals surface area (Å²) in [6, 6.07) is 12.4. The lowest BCUT2D eigenvalue weighted by atomic mass is 10.0. The molecule has 0 spiro atoms. The third-order valence-corrected chi connectivity index (χ3v) is 3.82. The second-order valence-corrected chi connectivity index (χ2v) is 5.75. The van der Waals surface area contributed by atoms with E-state index in [9.17, 15) is 4.39 Å². The van der Waals surface area contributed by atoms with Gasteiger partial charge in [0.2, 0.25) is 0 Å². The van der Waals surface area contributed by atoms with Crippen molar-refractivity contribution < 1.29 is 4.39 Å². The second-order valence-electron chi connectivity index (χ2n) is 4.51. The zero-order chi connectivity index (χ0) is 14.8. The molecule has 0 unspecified atom stereocenters. The molecule has 4 nitrogen and oxygen atoms in total. The molecule has 0 saturated carbocycles. The van der Waals surface area contributed by atoms with Crippen LogP contribution < -0.4 is 11.3 Å². The lowest BCUT2D eigenvalue weighted by Crippen LogP contribution is -2.32. The van der Waals surface area contributed by atoms with Gasteiger partial charge in [-0.05, 0) is 52.9 Å². The molecule has 1 aliphatic rings. The Kier molecular flexibility index (Phi) is 3.98. The topological polar surface area (TPSA) is 62.8 Å². The molecule has 0 aliphatic carbocycles. The van der Waals surface area contributed by atoms with Crippen LogP contribution in [-0.2, 0) is 0 Å². The summed E-state index contributed by atoms with van der Waals surface area (Å²) in [7, 11) is 0. The average molecular weight is 394 g/mol. The van der Waals surface area contributed by atoms with Gasteiger partial charge in [-0.15, -0.1) is 0 Å². The van der Waals surface area contributed by atoms with Crippen LogP contribution in [0.3, 0.4) is 0 Å². The highest BCUT2D eigenvalue weighted by Crippen LogP contribution is 2.27. The third-order valence-electron chi connectivity index (χ3n) is 3.15. The first-order chi connectivity index (χ1) is 10.2. The van der Waals surface area contributed by atoms with Crippen LogP contribution in [0.5, 0.6) is 0 Å². The van der Waals surface area contributed by atoms with E-state index in [1.807, 2.05) is 18.2 Å². The van der Waals surface area contributed by atoms with Gasteiger partial charge in [0, 0.05) is 14.7 Å². The summed E-state index contributed by atoms with van der Waals surface area (Å²) in [5.41, 5.74) is 5.12. The largest absolute Gasteiger partial charge is 0.310 e. The lowest BCUT2D eigenvalue weighted by Gasteiger charge is -2.09. The Balaban J connectivity index is 2.22. The van der Waals surface area contributed by atoms with E-state index in [4.69, 9.17) is 5.84 Å². The van der Waals surface area contributed by atoms with Crippen molar-refractivity contribution in [3.05, 3.63) is 63.0 Å². The monoisotopic (exact) mass is 394 g/mol. The number of hydrogen-bond donors (Lipinski definition) is 2. The highest BCUT2D eigenvalue weighted by Gasteiger charge is 2.18. The predicted molar refractivity (Wildman–Crippen MR) is 90.5 cm³/mol. The van der Waals surface area contributed by atoms with Gasteiger partial charge >= 0.3 is 0 Å². The first-order valence-electron chi connectivity index (χ1n) is 6.32. The Bertz CT molecular complexity index is 755. The Labute approximate surface area is 135 Å². The molecule has 21 heavy (non-hydrogen) atoms. The maximum Gasteiger partial charge on any atom is 0.138 e. The predicted octanol–water partition coefficient (Wildman–Crippen LogP) is 2.77. The number of benzene rings is 2. The normalized spacial score (nSPS) is 13.9. The van der Waals surface area contributed by atoms with Crippen molar-refractivity contribution in [3.63, 3.8) is 0 Å². The van der Waals surface area contributed by atoms with Gasteiger partial charge in [0.25, 0.3) is 0 Å². The average Bonchev–Trinajstić information content (AvgIpc) is 2.67. The first kappa shape index (κ1) is 14.2. The molecule has 2 aromatic rings. The van der Waals surface area contributed by atoms with Gasteiger partial charge in [0.05, 0.1) is 17.9 Å². The fourth-order valence-electron chi connectivity index (χ4n) is 2.18. The van der Waals surface area contributed by atoms with Crippen molar-refractivity contribution in [2.45, 2.75) is 0 Å². The zero-order valence-electron chi connectivity index (χ0n) is 11.0. The van der Waals surface area contributed by atoms with Crippen LogP contribution in [0.2, 0.25) is 0 Å². The highest BCUT2D eigenvalue weighted by atomic mass is 127. The molecule has 106 valence electrons. The number of nitrogens with zero attached hydrogens (tertiary/aromatic N) is 2. The first-order valence-corrected chi connectivity index (χ1v) is 7.40. The minimum Gasteiger partial charge on any atom is -0.310 e. The standard InChI is InChI=1S/C15H12FIN4/c16-12-4-2-1-3-10(12)15-11-7-9(17)5-6-13(11)20-14(21-18)8-19-15/h1-7H,8,18H2,(H,20,21). The lowest BCUT2D eigenvalue weighted by molar-refractivity contribution is 0.625. The number of hydrazine groups is 1. The van der Waals surface area contributed by atoms with Crippen molar-refractivity contribution >= 4 is 39.8 Å². The molecule has 1 aliphatic heterocycles. The Morgan fingerprint density at radius 1 is 1.14 bits per heavy atom. The van der Waals surface area contributed by atoms with Gasteiger partial charge in [-0.25, -0.2) is 15.2 Å². The van der Waals surface area contributed by atoms with Gasteiger partial charge in [-0.3, -0.25) is 4.99 Å². The van der Waals surface area contributed by atoms with E-state index in [0.717, 1.165) is 14.8 Å². The third kappa shape index (κ3) is 2.81. The van der Waals surface area contributed by atoms with Crippen LogP contribution in [0, 0.1) is 9.39 Å². The van der Waals surface area contributed by atoms with Crippen molar-refractivity contribution in [2.24, 2.45) is 15.8 Å². The maximum absolute atomic E-state index is 14.1. The van der Waals surface area contributed by atoms with E-state index in [1.165, 1.54) is 6.07 Å². The van der Waals surface area contributed by atoms with Crippen LogP contribution >= 0.6 is 22.6 Å². The van der Waals surface area contributed by atoms with Crippen LogP contribution in [0.1, 0.15) is 11.1 Å². The van der Waals surface area contributed by atoms with E-state index in [0.29, 0.717) is 17.1 Å². The van der Waals surface area contributed by atoms with Gasteiger partial charge in [-0.1, -0.05) is 12.1 Å². The molecule has 0 bridgehead atoms. The summed E-state index contributed by atoms with van der Waals surface area (Å²) < 4.78 is 15.2. The summed E-state index contributed by atoms with van der Waals surface area (Å²) in [5.74, 6) is 5.69. The van der Waals surface area contributed by atoms with Crippen molar-refractivity contribution in [1.82, 2.24) is 5.43 Å². The SMILES string of the molecule is NNC1=Nc2ccc(I)cc2C(c2ccccc2F)=NC1. The number of nitrogens with two attached hydrogens (primary N) is 1. The fourth-order valence-corrected chi connectivity index (χ4v) is 2.67. The van der Waals surface area contributed by atoms with E-state index in [2.05, 4.69) is 38.0 Å². The highest BCUT2D eigenvalue weighted by molar-refractivity contribution is 14.1. The van der Waals surface area contributed by atoms with Gasteiger partial charge in [-0.2, -0.15) is 0 Å². The van der Waals surface area contributed by atoms with E-state index in [1.54, 1.807) is 18.2 Å². The number of fused-ring (bicyclic) bond motifs is 1. The molecular weight excluding hydrogens is 382 g/mol. The molecule has 1 heterocycles. The van der Waals surface area contributed by atoms with Crippen LogP contribution in [0.15, 0.2) is 52.4 Å². The summed E-state index contributed by atoms with van der Waals surface area (Å²) in [5, 5.41) is 0. The molecule has 3 rings (SSSR count). The molecule has 0 radical (unpaired) electrons. The van der Waals surface area contributed by atoms with Gasteiger partial charge < -0.3 is 5.43 Å². The van der Waals surface area contributed by atoms with Gasteiger partial charge in [0.1, 0.15) is 11.7 Å². The Morgan fingerprint density at radius 3 is 2.71 bits per heavy atom. The molecule has 0 saturated heterocycles. The van der Waals surface area contributed by atoms with Crippen LogP contribution in [-0.4, -0.2) is 18.1 Å². The number of amidine groups is 1. The van der Waals surface area contributed by atoms with E-state index >= 15 is 0 Å². The summed E-state index contributed by atoms with van der Waals surface area (Å²) in [4.78, 5) is 8.93.